The van der Waals surface area contributed by atoms with Crippen LogP contribution in [0.3, 0.4) is 0 Å². The Labute approximate surface area is 93.6 Å². The van der Waals surface area contributed by atoms with Crippen LogP contribution in [0, 0.1) is 0 Å². The Balaban J connectivity index is 2.22. The first kappa shape index (κ1) is 9.09. The van der Waals surface area contributed by atoms with Crippen LogP contribution in [-0.4, -0.2) is 9.55 Å². The van der Waals surface area contributed by atoms with Crippen LogP contribution in [0.2, 0.25) is 0 Å². The second kappa shape index (κ2) is 3.45. The minimum absolute atomic E-state index is 1.02. The number of hydrogen-bond acceptors (Lipinski definition) is 1. The number of hydrogen-bond donors (Lipinski definition) is 0. The summed E-state index contributed by atoms with van der Waals surface area (Å²) in [5.41, 5.74) is 3.29. The lowest BCUT2D eigenvalue weighted by Crippen LogP contribution is -2.25. The third kappa shape index (κ3) is 1.37. The fourth-order valence-corrected chi connectivity index (χ4v) is 1.82. The molecule has 0 aliphatic rings. The van der Waals surface area contributed by atoms with E-state index in [1.165, 1.54) is 0 Å². The van der Waals surface area contributed by atoms with Crippen LogP contribution in [0.15, 0.2) is 55.1 Å². The van der Waals surface area contributed by atoms with Crippen molar-refractivity contribution in [3.63, 3.8) is 0 Å². The first-order valence-electron chi connectivity index (χ1n) is 5.22. The van der Waals surface area contributed by atoms with E-state index in [2.05, 4.69) is 27.8 Å². The van der Waals surface area contributed by atoms with E-state index in [0.29, 0.717) is 0 Å². The standard InChI is InChI=1S/C13H12N3/c1-15-8-6-11(7-9-15)16-10-14-12-4-2-3-5-13(12)16/h2-10H,1H3/q+1. The number of fused-ring (bicyclic) bond motifs is 1. The Morgan fingerprint density at radius 1 is 1.06 bits per heavy atom. The Morgan fingerprint density at radius 2 is 1.81 bits per heavy atom. The Bertz CT molecular complexity index is 623. The molecule has 0 spiro atoms. The molecule has 0 fully saturated rings. The van der Waals surface area contributed by atoms with Gasteiger partial charge in [-0.2, -0.15) is 0 Å². The number of para-hydroxylation sites is 2. The van der Waals surface area contributed by atoms with Crippen molar-refractivity contribution < 1.29 is 4.57 Å². The van der Waals surface area contributed by atoms with Crippen LogP contribution < -0.4 is 4.57 Å². The fraction of sp³-hybridized carbons (Fsp3) is 0.0769. The molecule has 1 aromatic carbocycles. The molecule has 0 saturated heterocycles. The van der Waals surface area contributed by atoms with Crippen LogP contribution in [0.1, 0.15) is 0 Å². The highest BCUT2D eigenvalue weighted by Gasteiger charge is 2.04. The molecule has 3 nitrogen and oxygen atoms in total. The molecule has 2 aromatic heterocycles. The van der Waals surface area contributed by atoms with Gasteiger partial charge in [0.05, 0.1) is 16.7 Å². The molecule has 0 atom stereocenters. The van der Waals surface area contributed by atoms with Crippen molar-refractivity contribution in [1.82, 2.24) is 9.55 Å². The number of pyridine rings is 1. The zero-order chi connectivity index (χ0) is 11.0. The first-order chi connectivity index (χ1) is 7.84. The van der Waals surface area contributed by atoms with Crippen molar-refractivity contribution in [2.24, 2.45) is 7.05 Å². The first-order valence-corrected chi connectivity index (χ1v) is 5.22. The molecule has 0 N–H and O–H groups in total. The molecule has 0 bridgehead atoms. The maximum atomic E-state index is 4.37. The molecule has 16 heavy (non-hydrogen) atoms. The predicted molar refractivity (Wildman–Crippen MR) is 62.2 cm³/mol. The predicted octanol–water partition coefficient (Wildman–Crippen LogP) is 1.85. The summed E-state index contributed by atoms with van der Waals surface area (Å²) in [5, 5.41) is 0. The Hall–Kier alpha value is -2.16. The molecule has 78 valence electrons. The van der Waals surface area contributed by atoms with E-state index in [1.807, 2.05) is 48.5 Å². The van der Waals surface area contributed by atoms with E-state index >= 15 is 0 Å². The molecular formula is C13H12N3+. The van der Waals surface area contributed by atoms with Crippen LogP contribution in [-0.2, 0) is 7.05 Å². The lowest BCUT2D eigenvalue weighted by molar-refractivity contribution is -0.671. The van der Waals surface area contributed by atoms with Gasteiger partial charge >= 0.3 is 0 Å². The molecular weight excluding hydrogens is 198 g/mol. The average Bonchev–Trinajstić information content (AvgIpc) is 2.74. The van der Waals surface area contributed by atoms with Crippen molar-refractivity contribution in [2.75, 3.05) is 0 Å². The molecule has 0 unspecified atom stereocenters. The summed E-state index contributed by atoms with van der Waals surface area (Å²) in [7, 11) is 2.01. The molecule has 0 aliphatic carbocycles. The maximum absolute atomic E-state index is 4.37. The van der Waals surface area contributed by atoms with Gasteiger partial charge in [-0.25, -0.2) is 9.55 Å². The number of benzene rings is 1. The highest BCUT2D eigenvalue weighted by Crippen LogP contribution is 2.16. The lowest BCUT2D eigenvalue weighted by Gasteiger charge is -2.01. The van der Waals surface area contributed by atoms with Crippen molar-refractivity contribution in [3.8, 4) is 5.69 Å². The minimum atomic E-state index is 1.02. The van der Waals surface area contributed by atoms with E-state index in [9.17, 15) is 0 Å². The van der Waals surface area contributed by atoms with E-state index < -0.39 is 0 Å². The normalized spacial score (nSPS) is 10.8. The summed E-state index contributed by atoms with van der Waals surface area (Å²) in [5.74, 6) is 0. The second-order valence-corrected chi connectivity index (χ2v) is 3.83. The number of nitrogens with zero attached hydrogens (tertiary/aromatic N) is 3. The summed E-state index contributed by atoms with van der Waals surface area (Å²) < 4.78 is 4.11. The molecule has 0 saturated carbocycles. The number of aryl methyl sites for hydroxylation is 1. The summed E-state index contributed by atoms with van der Waals surface area (Å²) in [6.45, 7) is 0. The molecule has 3 aromatic rings. The quantitative estimate of drug-likeness (QED) is 0.562. The van der Waals surface area contributed by atoms with Gasteiger partial charge in [-0.3, -0.25) is 4.57 Å². The van der Waals surface area contributed by atoms with Crippen molar-refractivity contribution in [1.29, 1.82) is 0 Å². The number of aromatic nitrogens is 3. The Kier molecular flexibility index (Phi) is 1.96. The van der Waals surface area contributed by atoms with Crippen molar-refractivity contribution >= 4 is 11.0 Å². The number of rotatable bonds is 1. The highest BCUT2D eigenvalue weighted by molar-refractivity contribution is 5.77. The van der Waals surface area contributed by atoms with Gasteiger partial charge in [-0.05, 0) is 12.1 Å². The summed E-state index contributed by atoms with van der Waals surface area (Å²) in [6, 6.07) is 12.3. The van der Waals surface area contributed by atoms with Crippen molar-refractivity contribution in [2.45, 2.75) is 0 Å². The van der Waals surface area contributed by atoms with Crippen LogP contribution in [0.5, 0.6) is 0 Å². The van der Waals surface area contributed by atoms with Gasteiger partial charge in [-0.1, -0.05) is 12.1 Å². The molecule has 0 amide bonds. The van der Waals surface area contributed by atoms with E-state index in [-0.39, 0.29) is 0 Å². The van der Waals surface area contributed by atoms with Gasteiger partial charge in [0.15, 0.2) is 12.4 Å². The zero-order valence-corrected chi connectivity index (χ0v) is 9.04. The maximum Gasteiger partial charge on any atom is 0.170 e. The summed E-state index contributed by atoms with van der Waals surface area (Å²) in [4.78, 5) is 4.37. The topological polar surface area (TPSA) is 21.7 Å². The molecule has 2 heterocycles. The van der Waals surface area contributed by atoms with Crippen LogP contribution >= 0.6 is 0 Å². The monoisotopic (exact) mass is 210 g/mol. The SMILES string of the molecule is C[n+]1ccc(-n2cnc3ccccc32)cc1. The second-order valence-electron chi connectivity index (χ2n) is 3.83. The smallest absolute Gasteiger partial charge is 0.170 e. The van der Waals surface area contributed by atoms with E-state index in [0.717, 1.165) is 16.7 Å². The van der Waals surface area contributed by atoms with Gasteiger partial charge in [-0.15, -0.1) is 0 Å². The van der Waals surface area contributed by atoms with Gasteiger partial charge in [0, 0.05) is 12.1 Å². The highest BCUT2D eigenvalue weighted by atomic mass is 15.1. The van der Waals surface area contributed by atoms with Gasteiger partial charge < -0.3 is 0 Å². The molecule has 3 rings (SSSR count). The summed E-state index contributed by atoms with van der Waals surface area (Å²) >= 11 is 0. The molecule has 0 aliphatic heterocycles. The van der Waals surface area contributed by atoms with E-state index in [1.54, 1.807) is 0 Å². The largest absolute Gasteiger partial charge is 0.298 e. The Morgan fingerprint density at radius 3 is 2.62 bits per heavy atom. The average molecular weight is 210 g/mol. The van der Waals surface area contributed by atoms with Crippen molar-refractivity contribution in [3.05, 3.63) is 55.1 Å². The lowest BCUT2D eigenvalue weighted by atomic mass is 10.3. The summed E-state index contributed by atoms with van der Waals surface area (Å²) in [6.07, 6.45) is 5.92. The zero-order valence-electron chi connectivity index (χ0n) is 9.04. The molecule has 0 radical (unpaired) electrons. The minimum Gasteiger partial charge on any atom is -0.298 e. The van der Waals surface area contributed by atoms with Gasteiger partial charge in [0.25, 0.3) is 0 Å². The fourth-order valence-electron chi connectivity index (χ4n) is 1.82. The van der Waals surface area contributed by atoms with Gasteiger partial charge in [0.2, 0.25) is 0 Å². The third-order valence-corrected chi connectivity index (χ3v) is 2.69. The van der Waals surface area contributed by atoms with Crippen LogP contribution in [0.4, 0.5) is 0 Å². The third-order valence-electron chi connectivity index (χ3n) is 2.69. The number of imidazole rings is 1. The van der Waals surface area contributed by atoms with E-state index in [4.69, 9.17) is 0 Å². The molecule has 3 heteroatoms. The van der Waals surface area contributed by atoms with Gasteiger partial charge in [0.1, 0.15) is 13.4 Å². The van der Waals surface area contributed by atoms with Crippen LogP contribution in [0.25, 0.3) is 16.7 Å².